The molecule has 3 aromatic rings. The third kappa shape index (κ3) is 11.1. The van der Waals surface area contributed by atoms with Gasteiger partial charge in [0.05, 0.1) is 12.7 Å². The molecule has 226 valence electrons. The number of carbonyl (C=O) groups excluding carboxylic acids is 1. The molecule has 3 aromatic carbocycles. The van der Waals surface area contributed by atoms with Crippen molar-refractivity contribution < 1.29 is 19.4 Å². The number of hydrogen-bond donors (Lipinski definition) is 2. The Hall–Kier alpha value is -2.14. The minimum atomic E-state index is -1.02. The molecule has 0 aromatic heterocycles. The third-order valence-electron chi connectivity index (χ3n) is 7.96. The van der Waals surface area contributed by atoms with Gasteiger partial charge in [0.1, 0.15) is 6.04 Å². The van der Waals surface area contributed by atoms with E-state index in [0.717, 1.165) is 34.4 Å². The van der Waals surface area contributed by atoms with Gasteiger partial charge >= 0.3 is 24.8 Å². The number of hydrogen-bond acceptors (Lipinski definition) is 5. The van der Waals surface area contributed by atoms with Crippen molar-refractivity contribution in [2.24, 2.45) is 5.92 Å². The fourth-order valence-corrected chi connectivity index (χ4v) is 7.04. The molecule has 1 aliphatic carbocycles. The summed E-state index contributed by atoms with van der Waals surface area (Å²) in [5, 5.41) is 12.4. The van der Waals surface area contributed by atoms with Crippen LogP contribution in [0.15, 0.2) is 77.7 Å². The third-order valence-corrected chi connectivity index (χ3v) is 9.75. The molecule has 0 radical (unpaired) electrons. The molecule has 1 aliphatic rings. The van der Waals surface area contributed by atoms with Gasteiger partial charge in [-0.15, -0.1) is 11.8 Å². The summed E-state index contributed by atoms with van der Waals surface area (Å²) in [6, 6.07) is 23.3. The Labute approximate surface area is 277 Å². The molecular formula is C35H44LiNO4S2. The van der Waals surface area contributed by atoms with E-state index < -0.39 is 12.0 Å². The van der Waals surface area contributed by atoms with Gasteiger partial charge in [-0.25, -0.2) is 4.79 Å². The van der Waals surface area contributed by atoms with Crippen LogP contribution in [0.4, 0.5) is 0 Å². The molecule has 43 heavy (non-hydrogen) atoms. The van der Waals surface area contributed by atoms with Gasteiger partial charge < -0.3 is 15.2 Å². The Balaban J connectivity index is 0.00000506. The summed E-state index contributed by atoms with van der Waals surface area (Å²) in [6.45, 7) is 2.48. The number of amides is 1. The molecule has 4 rings (SSSR count). The summed E-state index contributed by atoms with van der Waals surface area (Å²) >= 11 is 3.41. The second-order valence-corrected chi connectivity index (χ2v) is 13.2. The van der Waals surface area contributed by atoms with Crippen molar-refractivity contribution in [2.75, 3.05) is 17.8 Å². The van der Waals surface area contributed by atoms with Crippen molar-refractivity contribution in [3.05, 3.63) is 89.5 Å². The van der Waals surface area contributed by atoms with Crippen molar-refractivity contribution in [3.8, 4) is 11.1 Å². The Morgan fingerprint density at radius 1 is 0.977 bits per heavy atom. The van der Waals surface area contributed by atoms with Gasteiger partial charge in [-0.3, -0.25) is 4.79 Å². The number of carboxylic acid groups (broad SMARTS) is 1. The molecule has 0 spiro atoms. The molecule has 2 atom stereocenters. The van der Waals surface area contributed by atoms with E-state index in [1.807, 2.05) is 73.5 Å². The molecule has 2 N–H and O–H groups in total. The van der Waals surface area contributed by atoms with Crippen molar-refractivity contribution in [2.45, 2.75) is 75.5 Å². The summed E-state index contributed by atoms with van der Waals surface area (Å²) in [5.74, 6) is 0.879. The Morgan fingerprint density at radius 3 is 2.40 bits per heavy atom. The molecule has 8 heteroatoms. The second-order valence-electron chi connectivity index (χ2n) is 11.1. The zero-order valence-corrected chi connectivity index (χ0v) is 26.4. The predicted octanol–water partition coefficient (Wildman–Crippen LogP) is 7.60. The zero-order chi connectivity index (χ0) is 29.7. The maximum atomic E-state index is 13.4. The molecule has 1 saturated carbocycles. The average molecular weight is 614 g/mol. The van der Waals surface area contributed by atoms with Crippen LogP contribution >= 0.6 is 23.5 Å². The Morgan fingerprint density at radius 2 is 1.70 bits per heavy atom. The van der Waals surface area contributed by atoms with Crippen LogP contribution in [0.2, 0.25) is 0 Å². The van der Waals surface area contributed by atoms with Gasteiger partial charge in [0.25, 0.3) is 5.91 Å². The number of rotatable bonds is 15. The van der Waals surface area contributed by atoms with E-state index in [0.29, 0.717) is 30.3 Å². The molecule has 1 fully saturated rings. The first-order valence-electron chi connectivity index (χ1n) is 15.0. The van der Waals surface area contributed by atoms with Crippen LogP contribution in [0.1, 0.15) is 66.4 Å². The number of nitrogens with one attached hydrogen (secondary N) is 1. The molecule has 0 bridgehead atoms. The van der Waals surface area contributed by atoms with Gasteiger partial charge in [-0.1, -0.05) is 80.6 Å². The van der Waals surface area contributed by atoms with Crippen LogP contribution < -0.4 is 5.32 Å². The summed E-state index contributed by atoms with van der Waals surface area (Å²) in [6.07, 6.45) is 10.0. The monoisotopic (exact) mass is 613 g/mol. The normalized spacial score (nSPS) is 14.8. The van der Waals surface area contributed by atoms with E-state index >= 15 is 0 Å². The molecular weight excluding hydrogens is 569 g/mol. The summed E-state index contributed by atoms with van der Waals surface area (Å²) < 4.78 is 6.61. The zero-order valence-electron chi connectivity index (χ0n) is 24.7. The van der Waals surface area contributed by atoms with Crippen LogP contribution in [0.25, 0.3) is 11.1 Å². The average Bonchev–Trinajstić information content (AvgIpc) is 3.01. The van der Waals surface area contributed by atoms with E-state index in [1.54, 1.807) is 11.8 Å². The molecule has 0 aliphatic heterocycles. The Kier molecular flexibility index (Phi) is 15.3. The number of carbonyl (C=O) groups is 2. The van der Waals surface area contributed by atoms with Gasteiger partial charge in [-0.05, 0) is 84.2 Å². The first-order valence-corrected chi connectivity index (χ1v) is 17.3. The number of carboxylic acids is 1. The molecule has 2 unspecified atom stereocenters. The second kappa shape index (κ2) is 18.6. The van der Waals surface area contributed by atoms with E-state index in [4.69, 9.17) is 4.74 Å². The number of ether oxygens (including phenoxy) is 1. The fraction of sp³-hybridized carbons (Fsp3) is 0.429. The van der Waals surface area contributed by atoms with E-state index in [2.05, 4.69) is 29.6 Å². The van der Waals surface area contributed by atoms with Gasteiger partial charge in [0.2, 0.25) is 0 Å². The standard InChI is InChI=1S/C35H43NO4S2.Li.H/c1-25-11-9-10-16-30(25)32-22-27(17-18-31(32)34(37)36-33(35(38)39)19-20-41-2)23-40-28(21-26-12-5-3-6-13-26)24-42-29-14-7-4-8-15-29;;/h4,7-11,14-18,22,26,28,33H,3,5-6,12-13,19-21,23-24H2,1-2H3,(H,36,37)(H,38,39);;. The van der Waals surface area contributed by atoms with Crippen LogP contribution in [-0.2, 0) is 16.1 Å². The van der Waals surface area contributed by atoms with Crippen LogP contribution in [0.5, 0.6) is 0 Å². The van der Waals surface area contributed by atoms with Crippen molar-refractivity contribution >= 4 is 54.3 Å². The number of thioether (sulfide) groups is 2. The summed E-state index contributed by atoms with van der Waals surface area (Å²) in [5.41, 5.74) is 4.28. The van der Waals surface area contributed by atoms with E-state index in [1.165, 1.54) is 37.0 Å². The minimum absolute atomic E-state index is 0. The SMILES string of the molecule is CSCCC(NC(=O)c1ccc(COC(CSc2ccccc2)CC2CCCCC2)cc1-c1ccccc1C)C(=O)O.[LiH]. The number of aryl methyl sites for hydroxylation is 1. The molecule has 0 saturated heterocycles. The van der Waals surface area contributed by atoms with E-state index in [-0.39, 0.29) is 30.9 Å². The van der Waals surface area contributed by atoms with Crippen molar-refractivity contribution in [1.82, 2.24) is 5.32 Å². The predicted molar refractivity (Wildman–Crippen MR) is 183 cm³/mol. The van der Waals surface area contributed by atoms with Crippen molar-refractivity contribution in [3.63, 3.8) is 0 Å². The van der Waals surface area contributed by atoms with Gasteiger partial charge in [0, 0.05) is 16.2 Å². The molecule has 5 nitrogen and oxygen atoms in total. The molecule has 1 amide bonds. The van der Waals surface area contributed by atoms with Gasteiger partial charge in [0.15, 0.2) is 0 Å². The number of aliphatic carboxylic acids is 1. The van der Waals surface area contributed by atoms with Gasteiger partial charge in [-0.2, -0.15) is 11.8 Å². The van der Waals surface area contributed by atoms with Crippen molar-refractivity contribution in [1.29, 1.82) is 0 Å². The Bertz CT molecular complexity index is 1300. The maximum absolute atomic E-state index is 13.4. The van der Waals surface area contributed by atoms with Crippen LogP contribution in [0, 0.1) is 12.8 Å². The summed E-state index contributed by atoms with van der Waals surface area (Å²) in [7, 11) is 0. The van der Waals surface area contributed by atoms with Crippen LogP contribution in [0.3, 0.4) is 0 Å². The first kappa shape index (κ1) is 35.3. The van der Waals surface area contributed by atoms with Crippen LogP contribution in [-0.4, -0.2) is 65.8 Å². The topological polar surface area (TPSA) is 75.6 Å². The molecule has 0 heterocycles. The quantitative estimate of drug-likeness (QED) is 0.136. The summed E-state index contributed by atoms with van der Waals surface area (Å²) in [4.78, 5) is 26.5. The number of benzene rings is 3. The van der Waals surface area contributed by atoms with E-state index in [9.17, 15) is 14.7 Å². The fourth-order valence-electron chi connectivity index (χ4n) is 5.60. The first-order chi connectivity index (χ1) is 20.4.